The molecule has 5 heteroatoms. The van der Waals surface area contributed by atoms with Crippen LogP contribution in [-0.4, -0.2) is 54.4 Å². The fraction of sp³-hybridized carbons (Fsp3) is 0.704. The average molecular weight is 445 g/mol. The van der Waals surface area contributed by atoms with Crippen LogP contribution in [0.15, 0.2) is 30.3 Å². The quantitative estimate of drug-likeness (QED) is 0.225. The van der Waals surface area contributed by atoms with Gasteiger partial charge in [-0.1, -0.05) is 108 Å². The standard InChI is InChI=1S/C27H44N2O3/c1-2-3-4-5-6-7-8-9-10-11-12-16-19-28-20-21-29(22-26(28)23-30)27(31)32-24-25-17-14-13-15-18-25/h13-15,17-18,23,26H,2-12,16,19-22,24H2,1H3. The number of ether oxygens (including phenoxy) is 1. The van der Waals surface area contributed by atoms with Crippen LogP contribution in [0, 0.1) is 0 Å². The first kappa shape index (κ1) is 26.4. The number of unbranched alkanes of at least 4 members (excludes halogenated alkanes) is 11. The van der Waals surface area contributed by atoms with Gasteiger partial charge >= 0.3 is 6.09 Å². The number of piperazine rings is 1. The zero-order chi connectivity index (χ0) is 22.9. The summed E-state index contributed by atoms with van der Waals surface area (Å²) in [6.07, 6.45) is 16.7. The second-order valence-corrected chi connectivity index (χ2v) is 9.11. The van der Waals surface area contributed by atoms with E-state index in [1.807, 2.05) is 30.3 Å². The van der Waals surface area contributed by atoms with Gasteiger partial charge in [-0.05, 0) is 18.5 Å². The Morgan fingerprint density at radius 1 is 0.906 bits per heavy atom. The molecule has 0 N–H and O–H groups in total. The minimum Gasteiger partial charge on any atom is -0.445 e. The maximum Gasteiger partial charge on any atom is 0.410 e. The van der Waals surface area contributed by atoms with Crippen LogP contribution >= 0.6 is 0 Å². The Morgan fingerprint density at radius 2 is 1.50 bits per heavy atom. The van der Waals surface area contributed by atoms with Crippen LogP contribution in [0.25, 0.3) is 0 Å². The van der Waals surface area contributed by atoms with Gasteiger partial charge in [0.05, 0.1) is 6.04 Å². The van der Waals surface area contributed by atoms with Crippen molar-refractivity contribution in [1.82, 2.24) is 9.80 Å². The Hall–Kier alpha value is -1.88. The predicted molar refractivity (Wildman–Crippen MR) is 131 cm³/mol. The van der Waals surface area contributed by atoms with E-state index in [1.54, 1.807) is 4.90 Å². The third-order valence-electron chi connectivity index (χ3n) is 6.45. The molecule has 2 rings (SSSR count). The number of hydrogen-bond acceptors (Lipinski definition) is 4. The number of carbonyl (C=O) groups is 2. The topological polar surface area (TPSA) is 49.9 Å². The Morgan fingerprint density at radius 3 is 2.09 bits per heavy atom. The van der Waals surface area contributed by atoms with E-state index >= 15 is 0 Å². The average Bonchev–Trinajstić information content (AvgIpc) is 2.84. The molecule has 0 bridgehead atoms. The Kier molecular flexibility index (Phi) is 13.8. The molecule has 1 aromatic carbocycles. The molecule has 0 aromatic heterocycles. The summed E-state index contributed by atoms with van der Waals surface area (Å²) in [6.45, 7) is 5.26. The maximum atomic E-state index is 12.4. The summed E-state index contributed by atoms with van der Waals surface area (Å²) in [4.78, 5) is 27.9. The number of amides is 1. The van der Waals surface area contributed by atoms with Crippen LogP contribution < -0.4 is 0 Å². The predicted octanol–water partition coefficient (Wildman–Crippen LogP) is 6.21. The van der Waals surface area contributed by atoms with Gasteiger partial charge in [-0.15, -0.1) is 0 Å². The van der Waals surface area contributed by atoms with Crippen molar-refractivity contribution >= 4 is 12.4 Å². The molecular formula is C27H44N2O3. The first-order chi connectivity index (χ1) is 15.7. The highest BCUT2D eigenvalue weighted by atomic mass is 16.6. The Labute approximate surface area is 195 Å². The van der Waals surface area contributed by atoms with E-state index in [4.69, 9.17) is 4.74 Å². The zero-order valence-electron chi connectivity index (χ0n) is 20.2. The van der Waals surface area contributed by atoms with Crippen molar-refractivity contribution in [2.75, 3.05) is 26.2 Å². The molecule has 0 spiro atoms. The molecule has 32 heavy (non-hydrogen) atoms. The summed E-state index contributed by atoms with van der Waals surface area (Å²) in [5, 5.41) is 0. The molecular weight excluding hydrogens is 400 g/mol. The molecule has 1 aliphatic rings. The molecule has 1 atom stereocenters. The highest BCUT2D eigenvalue weighted by molar-refractivity contribution is 5.69. The molecule has 0 aliphatic carbocycles. The lowest BCUT2D eigenvalue weighted by Crippen LogP contribution is -2.55. The van der Waals surface area contributed by atoms with E-state index in [2.05, 4.69) is 11.8 Å². The minimum atomic E-state index is -0.328. The van der Waals surface area contributed by atoms with Crippen LogP contribution in [-0.2, 0) is 16.1 Å². The summed E-state index contributed by atoms with van der Waals surface area (Å²) in [6, 6.07) is 9.46. The van der Waals surface area contributed by atoms with Gasteiger partial charge in [0, 0.05) is 19.6 Å². The largest absolute Gasteiger partial charge is 0.445 e. The normalized spacial score (nSPS) is 16.8. The van der Waals surface area contributed by atoms with Gasteiger partial charge in [0.15, 0.2) is 0 Å². The lowest BCUT2D eigenvalue weighted by molar-refractivity contribution is -0.114. The Balaban J connectivity index is 1.52. The number of nitrogens with zero attached hydrogens (tertiary/aromatic N) is 2. The second-order valence-electron chi connectivity index (χ2n) is 9.11. The summed E-state index contributed by atoms with van der Waals surface area (Å²) in [7, 11) is 0. The van der Waals surface area contributed by atoms with Gasteiger partial charge in [-0.3, -0.25) is 4.90 Å². The van der Waals surface area contributed by atoms with Crippen LogP contribution in [0.2, 0.25) is 0 Å². The third kappa shape index (κ3) is 10.6. The maximum absolute atomic E-state index is 12.4. The van der Waals surface area contributed by atoms with E-state index in [0.29, 0.717) is 13.1 Å². The van der Waals surface area contributed by atoms with E-state index in [-0.39, 0.29) is 18.7 Å². The van der Waals surface area contributed by atoms with Crippen LogP contribution in [0.1, 0.15) is 89.5 Å². The lowest BCUT2D eigenvalue weighted by Gasteiger charge is -2.38. The van der Waals surface area contributed by atoms with E-state index in [9.17, 15) is 9.59 Å². The van der Waals surface area contributed by atoms with E-state index in [1.165, 1.54) is 70.6 Å². The first-order valence-corrected chi connectivity index (χ1v) is 12.9. The van der Waals surface area contributed by atoms with Crippen molar-refractivity contribution in [3.05, 3.63) is 35.9 Å². The summed E-state index contributed by atoms with van der Waals surface area (Å²) in [5.74, 6) is 0. The number of aldehydes is 1. The molecule has 1 heterocycles. The third-order valence-corrected chi connectivity index (χ3v) is 6.45. The molecule has 1 fully saturated rings. The minimum absolute atomic E-state index is 0.222. The van der Waals surface area contributed by atoms with Gasteiger partial charge in [0.25, 0.3) is 0 Å². The monoisotopic (exact) mass is 444 g/mol. The molecule has 1 aromatic rings. The number of rotatable bonds is 16. The van der Waals surface area contributed by atoms with E-state index < -0.39 is 0 Å². The smallest absolute Gasteiger partial charge is 0.410 e. The molecule has 5 nitrogen and oxygen atoms in total. The van der Waals surface area contributed by atoms with Crippen molar-refractivity contribution < 1.29 is 14.3 Å². The molecule has 1 unspecified atom stereocenters. The molecule has 1 amide bonds. The van der Waals surface area contributed by atoms with Gasteiger partial charge in [-0.2, -0.15) is 0 Å². The first-order valence-electron chi connectivity index (χ1n) is 12.9. The lowest BCUT2D eigenvalue weighted by atomic mass is 10.0. The van der Waals surface area contributed by atoms with Crippen LogP contribution in [0.3, 0.4) is 0 Å². The summed E-state index contributed by atoms with van der Waals surface area (Å²) in [5.41, 5.74) is 0.971. The molecule has 1 aliphatic heterocycles. The summed E-state index contributed by atoms with van der Waals surface area (Å²) < 4.78 is 5.43. The fourth-order valence-corrected chi connectivity index (χ4v) is 4.39. The van der Waals surface area contributed by atoms with Crippen molar-refractivity contribution in [1.29, 1.82) is 0 Å². The van der Waals surface area contributed by atoms with Gasteiger partial charge < -0.3 is 14.4 Å². The molecule has 0 radical (unpaired) electrons. The number of hydrogen-bond donors (Lipinski definition) is 0. The van der Waals surface area contributed by atoms with Crippen LogP contribution in [0.4, 0.5) is 4.79 Å². The van der Waals surface area contributed by atoms with E-state index in [0.717, 1.165) is 31.4 Å². The second kappa shape index (κ2) is 16.7. The summed E-state index contributed by atoms with van der Waals surface area (Å²) >= 11 is 0. The highest BCUT2D eigenvalue weighted by Gasteiger charge is 2.29. The highest BCUT2D eigenvalue weighted by Crippen LogP contribution is 2.15. The van der Waals surface area contributed by atoms with Crippen molar-refractivity contribution in [2.45, 2.75) is 96.6 Å². The molecule has 0 saturated carbocycles. The molecule has 180 valence electrons. The van der Waals surface area contributed by atoms with Crippen molar-refractivity contribution in [2.24, 2.45) is 0 Å². The van der Waals surface area contributed by atoms with Gasteiger partial charge in [0.1, 0.15) is 12.9 Å². The number of benzene rings is 1. The Bertz CT molecular complexity index is 623. The van der Waals surface area contributed by atoms with Crippen molar-refractivity contribution in [3.8, 4) is 0 Å². The van der Waals surface area contributed by atoms with Gasteiger partial charge in [0.2, 0.25) is 0 Å². The van der Waals surface area contributed by atoms with Gasteiger partial charge in [-0.25, -0.2) is 4.79 Å². The zero-order valence-corrected chi connectivity index (χ0v) is 20.2. The SMILES string of the molecule is CCCCCCCCCCCCCCN1CCN(C(=O)OCc2ccccc2)CC1C=O. The fourth-order valence-electron chi connectivity index (χ4n) is 4.39. The number of carbonyl (C=O) groups excluding carboxylic acids is 2. The molecule has 1 saturated heterocycles. The van der Waals surface area contributed by atoms with Crippen LogP contribution in [0.5, 0.6) is 0 Å². The van der Waals surface area contributed by atoms with Crippen molar-refractivity contribution in [3.63, 3.8) is 0 Å².